The number of hydrogen-bond donors (Lipinski definition) is 1. The second-order valence-electron chi connectivity index (χ2n) is 5.88. The third-order valence-corrected chi connectivity index (χ3v) is 5.19. The van der Waals surface area contributed by atoms with E-state index >= 15 is 0 Å². The predicted molar refractivity (Wildman–Crippen MR) is 86.0 cm³/mol. The van der Waals surface area contributed by atoms with Gasteiger partial charge >= 0.3 is 12.1 Å². The minimum Gasteiger partial charge on any atom is -0.480 e. The quantitative estimate of drug-likeness (QED) is 0.638. The summed E-state index contributed by atoms with van der Waals surface area (Å²) < 4.78 is 40.9. The molecule has 7 heteroatoms. The van der Waals surface area contributed by atoms with Gasteiger partial charge < -0.3 is 5.11 Å². The van der Waals surface area contributed by atoms with Crippen molar-refractivity contribution in [3.63, 3.8) is 0 Å². The Morgan fingerprint density at radius 3 is 2.43 bits per heavy atom. The van der Waals surface area contributed by atoms with E-state index in [9.17, 15) is 18.0 Å². The van der Waals surface area contributed by atoms with E-state index in [2.05, 4.69) is 15.9 Å². The monoisotopic (exact) mass is 412 g/mol. The highest BCUT2D eigenvalue weighted by molar-refractivity contribution is 9.10. The van der Waals surface area contributed by atoms with Crippen LogP contribution in [0.25, 0.3) is 0 Å². The van der Waals surface area contributed by atoms with E-state index in [0.29, 0.717) is 10.0 Å². The fourth-order valence-electron chi connectivity index (χ4n) is 3.13. The summed E-state index contributed by atoms with van der Waals surface area (Å²) in [4.78, 5) is 10.8. The Morgan fingerprint density at radius 2 is 1.91 bits per heavy atom. The van der Waals surface area contributed by atoms with Crippen molar-refractivity contribution >= 4 is 33.5 Å². The minimum absolute atomic E-state index is 0.116. The average Bonchev–Trinajstić information content (AvgIpc) is 2.46. The molecule has 128 valence electrons. The molecule has 0 radical (unpaired) electrons. The number of hydrogen-bond acceptors (Lipinski definition) is 1. The van der Waals surface area contributed by atoms with Crippen LogP contribution in [0.15, 0.2) is 16.6 Å². The summed E-state index contributed by atoms with van der Waals surface area (Å²) in [6.45, 7) is 0. The molecule has 1 aliphatic carbocycles. The normalized spacial score (nSPS) is 18.0. The summed E-state index contributed by atoms with van der Waals surface area (Å²) in [6.07, 6.45) is -0.222. The Hall–Kier alpha value is -0.750. The summed E-state index contributed by atoms with van der Waals surface area (Å²) >= 11 is 8.92. The Balaban J connectivity index is 2.43. The predicted octanol–water partition coefficient (Wildman–Crippen LogP) is 5.75. The standard InChI is InChI=1S/C16H17BrClF3O2/c17-12-7-9(8-13(18)15(22)23)6-11(16(19,20)21)14(12)10-4-2-1-3-5-10/h6-7,10,13H,1-5,8H2,(H,22,23). The number of aliphatic carboxylic acids is 1. The molecular formula is C16H17BrClF3O2. The van der Waals surface area contributed by atoms with Crippen LogP contribution < -0.4 is 0 Å². The van der Waals surface area contributed by atoms with Gasteiger partial charge in [-0.1, -0.05) is 35.2 Å². The van der Waals surface area contributed by atoms with Crippen LogP contribution in [0.3, 0.4) is 0 Å². The third kappa shape index (κ3) is 4.63. The Bertz CT molecular complexity index is 583. The maximum Gasteiger partial charge on any atom is 0.416 e. The molecule has 2 nitrogen and oxygen atoms in total. The molecule has 0 bridgehead atoms. The molecule has 0 saturated heterocycles. The van der Waals surface area contributed by atoms with E-state index in [1.165, 1.54) is 0 Å². The first-order chi connectivity index (χ1) is 10.7. The number of carboxylic acid groups (broad SMARTS) is 1. The van der Waals surface area contributed by atoms with Crippen molar-refractivity contribution < 1.29 is 23.1 Å². The summed E-state index contributed by atoms with van der Waals surface area (Å²) in [6, 6.07) is 2.62. The highest BCUT2D eigenvalue weighted by Crippen LogP contribution is 2.44. The zero-order chi connectivity index (χ0) is 17.2. The Labute approximate surface area is 146 Å². The van der Waals surface area contributed by atoms with Gasteiger partial charge in [0.2, 0.25) is 0 Å². The second-order valence-corrected chi connectivity index (χ2v) is 7.26. The van der Waals surface area contributed by atoms with Crippen molar-refractivity contribution in [2.24, 2.45) is 0 Å². The van der Waals surface area contributed by atoms with E-state index in [1.807, 2.05) is 0 Å². The fourth-order valence-corrected chi connectivity index (χ4v) is 4.14. The van der Waals surface area contributed by atoms with Crippen molar-refractivity contribution in [3.8, 4) is 0 Å². The maximum atomic E-state index is 13.5. The van der Waals surface area contributed by atoms with Crippen molar-refractivity contribution in [2.45, 2.75) is 56.0 Å². The molecule has 1 unspecified atom stereocenters. The molecule has 1 saturated carbocycles. The number of carboxylic acids is 1. The van der Waals surface area contributed by atoms with Crippen molar-refractivity contribution in [2.75, 3.05) is 0 Å². The zero-order valence-corrected chi connectivity index (χ0v) is 14.6. The molecule has 0 heterocycles. The Morgan fingerprint density at radius 1 is 1.30 bits per heavy atom. The summed E-state index contributed by atoms with van der Waals surface area (Å²) in [5, 5.41) is 7.59. The van der Waals surface area contributed by atoms with E-state index in [1.54, 1.807) is 6.07 Å². The maximum absolute atomic E-state index is 13.5. The lowest BCUT2D eigenvalue weighted by molar-refractivity contribution is -0.138. The van der Waals surface area contributed by atoms with Crippen molar-refractivity contribution in [1.29, 1.82) is 0 Å². The van der Waals surface area contributed by atoms with E-state index in [-0.39, 0.29) is 17.9 Å². The van der Waals surface area contributed by atoms with E-state index in [0.717, 1.165) is 38.2 Å². The zero-order valence-electron chi connectivity index (χ0n) is 12.3. The largest absolute Gasteiger partial charge is 0.480 e. The van der Waals surface area contributed by atoms with Gasteiger partial charge in [0, 0.05) is 4.47 Å². The minimum atomic E-state index is -4.48. The van der Waals surface area contributed by atoms with E-state index < -0.39 is 23.1 Å². The molecule has 1 atom stereocenters. The first kappa shape index (κ1) is 18.6. The van der Waals surface area contributed by atoms with Crippen LogP contribution >= 0.6 is 27.5 Å². The molecule has 1 N–H and O–H groups in total. The molecule has 0 aliphatic heterocycles. The van der Waals surface area contributed by atoms with Gasteiger partial charge in [-0.15, -0.1) is 11.6 Å². The highest BCUT2D eigenvalue weighted by Gasteiger charge is 2.37. The van der Waals surface area contributed by atoms with Crippen LogP contribution in [0, 0.1) is 0 Å². The molecular weight excluding hydrogens is 397 g/mol. The van der Waals surface area contributed by atoms with Gasteiger partial charge in [-0.2, -0.15) is 13.2 Å². The van der Waals surface area contributed by atoms with Gasteiger partial charge in [0.1, 0.15) is 5.38 Å². The van der Waals surface area contributed by atoms with Gasteiger partial charge in [0.05, 0.1) is 5.56 Å². The van der Waals surface area contributed by atoms with E-state index in [4.69, 9.17) is 16.7 Å². The SMILES string of the molecule is O=C(O)C(Cl)Cc1cc(Br)c(C2CCCCC2)c(C(F)(F)F)c1. The number of rotatable bonds is 4. The lowest BCUT2D eigenvalue weighted by atomic mass is 9.81. The molecule has 23 heavy (non-hydrogen) atoms. The molecule has 1 aromatic rings. The van der Waals surface area contributed by atoms with Crippen LogP contribution in [0.1, 0.15) is 54.7 Å². The topological polar surface area (TPSA) is 37.3 Å². The Kier molecular flexibility index (Phi) is 6.00. The molecule has 1 aliphatic rings. The number of alkyl halides is 4. The van der Waals surface area contributed by atoms with Gasteiger partial charge in [0.15, 0.2) is 0 Å². The number of halogens is 5. The lowest BCUT2D eigenvalue weighted by Gasteiger charge is -2.27. The summed E-state index contributed by atoms with van der Waals surface area (Å²) in [5.41, 5.74) is -0.114. The number of carbonyl (C=O) groups is 1. The average molecular weight is 414 g/mol. The molecule has 0 spiro atoms. The first-order valence-electron chi connectivity index (χ1n) is 7.46. The van der Waals surface area contributed by atoms with Gasteiger partial charge in [-0.05, 0) is 48.4 Å². The lowest BCUT2D eigenvalue weighted by Crippen LogP contribution is -2.19. The highest BCUT2D eigenvalue weighted by atomic mass is 79.9. The molecule has 0 amide bonds. The van der Waals surface area contributed by atoms with Crippen molar-refractivity contribution in [3.05, 3.63) is 33.3 Å². The molecule has 1 fully saturated rings. The smallest absolute Gasteiger partial charge is 0.416 e. The summed E-state index contributed by atoms with van der Waals surface area (Å²) in [7, 11) is 0. The van der Waals surface area contributed by atoms with Gasteiger partial charge in [-0.25, -0.2) is 0 Å². The van der Waals surface area contributed by atoms with Crippen LogP contribution in [-0.2, 0) is 17.4 Å². The summed E-state index contributed by atoms with van der Waals surface area (Å²) in [5.74, 6) is -1.36. The first-order valence-corrected chi connectivity index (χ1v) is 8.69. The van der Waals surface area contributed by atoms with Crippen LogP contribution in [0.5, 0.6) is 0 Å². The second kappa shape index (κ2) is 7.43. The third-order valence-electron chi connectivity index (χ3n) is 4.19. The molecule has 0 aromatic heterocycles. The van der Waals surface area contributed by atoms with Crippen molar-refractivity contribution in [1.82, 2.24) is 0 Å². The van der Waals surface area contributed by atoms with Crippen LogP contribution in [0.4, 0.5) is 13.2 Å². The fraction of sp³-hybridized carbons (Fsp3) is 0.562. The van der Waals surface area contributed by atoms with Crippen LogP contribution in [0.2, 0.25) is 0 Å². The van der Waals surface area contributed by atoms with Crippen LogP contribution in [-0.4, -0.2) is 16.5 Å². The molecule has 2 rings (SSSR count). The van der Waals surface area contributed by atoms with Gasteiger partial charge in [0.25, 0.3) is 0 Å². The van der Waals surface area contributed by atoms with Gasteiger partial charge in [-0.3, -0.25) is 4.79 Å². The molecule has 1 aromatic carbocycles. The number of benzene rings is 1.